The van der Waals surface area contributed by atoms with Crippen molar-refractivity contribution in [1.82, 2.24) is 0 Å². The van der Waals surface area contributed by atoms with Gasteiger partial charge in [0.1, 0.15) is 0 Å². The van der Waals surface area contributed by atoms with Gasteiger partial charge in [-0.1, -0.05) is 0 Å². The third kappa shape index (κ3) is 56.6. The fourth-order valence-corrected chi connectivity index (χ4v) is 1.25. The third-order valence-corrected chi connectivity index (χ3v) is 1.91. The van der Waals surface area contributed by atoms with Crippen molar-refractivity contribution < 1.29 is 84.4 Å². The van der Waals surface area contributed by atoms with Crippen LogP contribution in [0.15, 0.2) is 0 Å². The maximum Gasteiger partial charge on any atom is 2.00 e. The maximum absolute atomic E-state index is 9.63. The summed E-state index contributed by atoms with van der Waals surface area (Å²) in [7, 11) is -14.8. The zero-order valence-electron chi connectivity index (χ0n) is 10.7. The fourth-order valence-electron chi connectivity index (χ4n) is 0.139. The second-order valence-corrected chi connectivity index (χ2v) is 5.02. The molecule has 0 fully saturated rings. The van der Waals surface area contributed by atoms with Crippen molar-refractivity contribution >= 4 is 49.1 Å². The van der Waals surface area contributed by atoms with Crippen LogP contribution in [0.4, 0.5) is 0 Å². The molecule has 0 saturated carbocycles. The van der Waals surface area contributed by atoms with Crippen molar-refractivity contribution in [1.29, 1.82) is 0 Å². The molecule has 16 heteroatoms. The van der Waals surface area contributed by atoms with Gasteiger partial charge in [0.2, 0.25) is 0 Å². The third-order valence-electron chi connectivity index (χ3n) is 0.213. The normalized spacial score (nSPS) is 11.4. The molecule has 0 aromatic heterocycles. The minimum atomic E-state index is -5.05. The minimum Gasteiger partial charge on any atom is -1.00 e. The zero-order valence-corrected chi connectivity index (χ0v) is 13.8. The van der Waals surface area contributed by atoms with Crippen molar-refractivity contribution in [3.05, 3.63) is 0 Å². The van der Waals surface area contributed by atoms with Gasteiger partial charge in [0, 0.05) is 0 Å². The molecule has 0 rings (SSSR count). The van der Waals surface area contributed by atoms with E-state index in [1.54, 1.807) is 0 Å². The Morgan fingerprint density at radius 2 is 1.06 bits per heavy atom. The van der Waals surface area contributed by atoms with Crippen molar-refractivity contribution in [3.63, 3.8) is 0 Å². The molecule has 0 atom stereocenters. The molecule has 0 bridgehead atoms. The molecule has 0 unspecified atom stereocenters. The molecule has 94 valence electrons. The number of hydrogen-bond donors (Lipinski definition) is 6. The first kappa shape index (κ1) is 26.5. The Balaban J connectivity index is -0.0000000261. The molecule has 0 aromatic carbocycles. The van der Waals surface area contributed by atoms with E-state index in [1.165, 1.54) is 0 Å². The zero-order chi connectivity index (χ0) is 12.2. The van der Waals surface area contributed by atoms with Gasteiger partial charge in [-0.3, -0.25) is 9.11 Å². The van der Waals surface area contributed by atoms with E-state index < -0.39 is 26.0 Å². The van der Waals surface area contributed by atoms with E-state index in [2.05, 4.69) is 4.31 Å². The van der Waals surface area contributed by atoms with Crippen molar-refractivity contribution in [2.75, 3.05) is 0 Å². The smallest absolute Gasteiger partial charge is 1.00 e. The van der Waals surface area contributed by atoms with Gasteiger partial charge in [0.05, 0.1) is 0 Å². The van der Waals surface area contributed by atoms with Crippen molar-refractivity contribution in [3.8, 4) is 0 Å². The predicted molar refractivity (Wildman–Crippen MR) is 48.4 cm³/mol. The summed E-state index contributed by atoms with van der Waals surface area (Å²) in [5.41, 5.74) is 0. The van der Waals surface area contributed by atoms with Gasteiger partial charge in [0.25, 0.3) is 0 Å². The van der Waals surface area contributed by atoms with Gasteiger partial charge in [-0.2, -0.15) is 12.7 Å². The topological polar surface area (TPSA) is 199 Å². The molecule has 0 radical (unpaired) electrons. The maximum atomic E-state index is 9.63. The van der Waals surface area contributed by atoms with E-state index in [0.29, 0.717) is 0 Å². The molecule has 11 nitrogen and oxygen atoms in total. The molecule has 0 aliphatic heterocycles. The molecule has 16 heavy (non-hydrogen) atoms. The van der Waals surface area contributed by atoms with Crippen molar-refractivity contribution in [2.24, 2.45) is 0 Å². The van der Waals surface area contributed by atoms with Gasteiger partial charge in [0.15, 0.2) is 0 Å². The van der Waals surface area contributed by atoms with Crippen LogP contribution in [-0.2, 0) is 23.8 Å². The van der Waals surface area contributed by atoms with Gasteiger partial charge < -0.3 is 23.9 Å². The Bertz CT molecular complexity index is 330. The Hall–Kier alpha value is 1.90. The quantitative estimate of drug-likeness (QED) is 0.162. The Labute approximate surface area is 133 Å². The van der Waals surface area contributed by atoms with Crippen LogP contribution in [0.5, 0.6) is 0 Å². The summed E-state index contributed by atoms with van der Waals surface area (Å²) >= 11 is 0. The molecule has 0 amide bonds. The number of rotatable bonds is 2. The summed E-state index contributed by atoms with van der Waals surface area (Å²) in [6.07, 6.45) is 0. The standard InChI is InChI=1S/Mg.Na.H4O7P2.H2O4S.3H/c;;1-8(2,3)7-9(4,5)6;1-5(2,3)4;;;/h;;(H2,1,2,3)(H2,4,5,6);(H2,1,2,3,4);;;/q+2;+1;;;3*-1. The molecule has 6 N–H and O–H groups in total. The van der Waals surface area contributed by atoms with Crippen LogP contribution in [0.25, 0.3) is 0 Å². The van der Waals surface area contributed by atoms with Crippen molar-refractivity contribution in [2.45, 2.75) is 0 Å². The molecule has 0 aromatic rings. The van der Waals surface area contributed by atoms with E-state index in [4.69, 9.17) is 37.1 Å². The molecule has 0 spiro atoms. The SMILES string of the molecule is O=P(O)(O)OP(=O)(O)O.O=S(=O)(O)O.[H-].[H-].[H-].[Mg+2].[Na+]. The Kier molecular flexibility index (Phi) is 16.2. The summed E-state index contributed by atoms with van der Waals surface area (Å²) < 4.78 is 53.8. The summed E-state index contributed by atoms with van der Waals surface area (Å²) in [6, 6.07) is 0. The first-order valence-corrected chi connectivity index (χ1v) is 6.69. The Morgan fingerprint density at radius 3 is 1.06 bits per heavy atom. The van der Waals surface area contributed by atoms with E-state index in [9.17, 15) is 9.13 Å². The number of phosphoric acid groups is 2. The first-order valence-electron chi connectivity index (χ1n) is 2.23. The second-order valence-electron chi connectivity index (χ2n) is 1.51. The number of hydrogen-bond acceptors (Lipinski definition) is 5. The van der Waals surface area contributed by atoms with Gasteiger partial charge in [-0.25, -0.2) is 9.13 Å². The molecule has 0 saturated heterocycles. The minimum absolute atomic E-state index is 0. The van der Waals surface area contributed by atoms with E-state index in [-0.39, 0.29) is 56.9 Å². The average molecular weight is 326 g/mol. The van der Waals surface area contributed by atoms with E-state index in [0.717, 1.165) is 0 Å². The van der Waals surface area contributed by atoms with E-state index in [1.807, 2.05) is 0 Å². The van der Waals surface area contributed by atoms with Gasteiger partial charge in [-0.15, -0.1) is 0 Å². The van der Waals surface area contributed by atoms with Crippen LogP contribution >= 0.6 is 15.6 Å². The predicted octanol–water partition coefficient (Wildman–Crippen LogP) is -4.50. The summed E-state index contributed by atoms with van der Waals surface area (Å²) in [6.45, 7) is 0. The molecular formula is H9MgNaO11P2S. The van der Waals surface area contributed by atoms with Crippen LogP contribution in [0.2, 0.25) is 0 Å². The molecule has 0 aliphatic rings. The van der Waals surface area contributed by atoms with Crippen LogP contribution in [0.3, 0.4) is 0 Å². The molecular weight excluding hydrogens is 317 g/mol. The molecule has 0 aliphatic carbocycles. The summed E-state index contributed by atoms with van der Waals surface area (Å²) in [4.78, 5) is 31.0. The second kappa shape index (κ2) is 9.78. The Morgan fingerprint density at radius 1 is 0.938 bits per heavy atom. The van der Waals surface area contributed by atoms with Crippen LogP contribution in [0.1, 0.15) is 4.28 Å². The summed E-state index contributed by atoms with van der Waals surface area (Å²) in [5.74, 6) is 0. The van der Waals surface area contributed by atoms with Gasteiger partial charge >= 0.3 is 78.7 Å². The van der Waals surface area contributed by atoms with Crippen LogP contribution in [-0.4, -0.2) is 60.1 Å². The fraction of sp³-hybridized carbons (Fsp3) is 0. The van der Waals surface area contributed by atoms with Gasteiger partial charge in [-0.05, 0) is 0 Å². The average Bonchev–Trinajstić information content (AvgIpc) is 1.42. The van der Waals surface area contributed by atoms with Crippen LogP contribution < -0.4 is 29.6 Å². The summed E-state index contributed by atoms with van der Waals surface area (Å²) in [5, 5.41) is 0. The van der Waals surface area contributed by atoms with Crippen LogP contribution in [0, 0.1) is 0 Å². The first-order chi connectivity index (χ1) is 5.71. The van der Waals surface area contributed by atoms with E-state index >= 15 is 0 Å². The largest absolute Gasteiger partial charge is 2.00 e. The monoisotopic (exact) mass is 326 g/mol. The molecule has 0 heterocycles.